The lowest BCUT2D eigenvalue weighted by Crippen LogP contribution is -2.29. The van der Waals surface area contributed by atoms with Crippen molar-refractivity contribution in [1.29, 1.82) is 0 Å². The first-order valence-corrected chi connectivity index (χ1v) is 5.43. The number of amides is 1. The molecule has 0 aliphatic heterocycles. The number of aryl methyl sites for hydroxylation is 1. The summed E-state index contributed by atoms with van der Waals surface area (Å²) in [4.78, 5) is 11.3. The van der Waals surface area contributed by atoms with Crippen LogP contribution in [0.2, 0.25) is 0 Å². The summed E-state index contributed by atoms with van der Waals surface area (Å²) in [7, 11) is 0. The standard InChI is InChI=1S/C13H19NO/c1-10(2)13(15)14-8-7-12-6-4-5-11(3)9-12/h4-6,9-10H,7-8H2,1-3H3,(H,14,15). The van der Waals surface area contributed by atoms with Crippen LogP contribution in [0.1, 0.15) is 25.0 Å². The molecule has 0 aliphatic carbocycles. The molecular formula is C13H19NO. The number of nitrogens with one attached hydrogen (secondary N) is 1. The highest BCUT2D eigenvalue weighted by molar-refractivity contribution is 5.77. The van der Waals surface area contributed by atoms with Crippen molar-refractivity contribution in [2.45, 2.75) is 27.2 Å². The quantitative estimate of drug-likeness (QED) is 0.803. The summed E-state index contributed by atoms with van der Waals surface area (Å²) in [5.74, 6) is 0.199. The van der Waals surface area contributed by atoms with Gasteiger partial charge >= 0.3 is 0 Å². The summed E-state index contributed by atoms with van der Waals surface area (Å²) in [5.41, 5.74) is 2.54. The molecule has 2 heteroatoms. The van der Waals surface area contributed by atoms with Gasteiger partial charge in [-0.15, -0.1) is 0 Å². The maximum absolute atomic E-state index is 11.3. The monoisotopic (exact) mass is 205 g/mol. The van der Waals surface area contributed by atoms with Crippen LogP contribution in [0.5, 0.6) is 0 Å². The second kappa shape index (κ2) is 5.54. The number of rotatable bonds is 4. The van der Waals surface area contributed by atoms with Gasteiger partial charge in [-0.2, -0.15) is 0 Å². The number of carbonyl (C=O) groups excluding carboxylic acids is 1. The summed E-state index contributed by atoms with van der Waals surface area (Å²) >= 11 is 0. The van der Waals surface area contributed by atoms with Crippen LogP contribution < -0.4 is 5.32 Å². The van der Waals surface area contributed by atoms with Crippen molar-refractivity contribution in [1.82, 2.24) is 5.32 Å². The van der Waals surface area contributed by atoms with Gasteiger partial charge in [-0.25, -0.2) is 0 Å². The topological polar surface area (TPSA) is 29.1 Å². The molecule has 82 valence electrons. The molecule has 0 saturated heterocycles. The summed E-state index contributed by atoms with van der Waals surface area (Å²) in [5, 5.41) is 2.91. The van der Waals surface area contributed by atoms with E-state index in [1.54, 1.807) is 0 Å². The number of hydrogen-bond acceptors (Lipinski definition) is 1. The van der Waals surface area contributed by atoms with E-state index in [1.165, 1.54) is 11.1 Å². The van der Waals surface area contributed by atoms with Gasteiger partial charge in [0.15, 0.2) is 0 Å². The predicted molar refractivity (Wildman–Crippen MR) is 62.7 cm³/mol. The second-order valence-corrected chi connectivity index (χ2v) is 4.18. The Morgan fingerprint density at radius 2 is 2.13 bits per heavy atom. The molecule has 0 aromatic heterocycles. The minimum absolute atomic E-state index is 0.0718. The van der Waals surface area contributed by atoms with Crippen LogP contribution in [0.4, 0.5) is 0 Å². The van der Waals surface area contributed by atoms with E-state index in [-0.39, 0.29) is 11.8 Å². The zero-order chi connectivity index (χ0) is 11.3. The molecule has 0 radical (unpaired) electrons. The van der Waals surface area contributed by atoms with E-state index < -0.39 is 0 Å². The molecule has 1 aromatic carbocycles. The summed E-state index contributed by atoms with van der Waals surface area (Å²) < 4.78 is 0. The van der Waals surface area contributed by atoms with Gasteiger partial charge in [-0.3, -0.25) is 4.79 Å². The molecule has 1 amide bonds. The van der Waals surface area contributed by atoms with E-state index in [0.29, 0.717) is 0 Å². The van der Waals surface area contributed by atoms with E-state index in [4.69, 9.17) is 0 Å². The smallest absolute Gasteiger partial charge is 0.222 e. The van der Waals surface area contributed by atoms with Crippen LogP contribution in [0, 0.1) is 12.8 Å². The van der Waals surface area contributed by atoms with Crippen molar-refractivity contribution in [3.05, 3.63) is 35.4 Å². The molecule has 1 aromatic rings. The average molecular weight is 205 g/mol. The van der Waals surface area contributed by atoms with Crippen LogP contribution in [0.3, 0.4) is 0 Å². The molecule has 0 unspecified atom stereocenters. The van der Waals surface area contributed by atoms with Crippen molar-refractivity contribution in [2.24, 2.45) is 5.92 Å². The van der Waals surface area contributed by atoms with Crippen molar-refractivity contribution in [3.63, 3.8) is 0 Å². The van der Waals surface area contributed by atoms with Gasteiger partial charge in [-0.1, -0.05) is 43.7 Å². The van der Waals surface area contributed by atoms with Crippen molar-refractivity contribution >= 4 is 5.91 Å². The fourth-order valence-corrected chi connectivity index (χ4v) is 1.40. The van der Waals surface area contributed by atoms with Gasteiger partial charge in [0, 0.05) is 12.5 Å². The van der Waals surface area contributed by atoms with Gasteiger partial charge in [0.1, 0.15) is 0 Å². The number of carbonyl (C=O) groups is 1. The third kappa shape index (κ3) is 4.15. The van der Waals surface area contributed by atoms with Crippen LogP contribution in [0.25, 0.3) is 0 Å². The molecular weight excluding hydrogens is 186 g/mol. The first-order valence-electron chi connectivity index (χ1n) is 5.43. The lowest BCUT2D eigenvalue weighted by atomic mass is 10.1. The molecule has 15 heavy (non-hydrogen) atoms. The van der Waals surface area contributed by atoms with Crippen molar-refractivity contribution in [3.8, 4) is 0 Å². The third-order valence-electron chi connectivity index (χ3n) is 2.32. The Labute approximate surface area is 91.7 Å². The van der Waals surface area contributed by atoms with E-state index in [0.717, 1.165) is 13.0 Å². The van der Waals surface area contributed by atoms with Crippen molar-refractivity contribution < 1.29 is 4.79 Å². The highest BCUT2D eigenvalue weighted by Crippen LogP contribution is 2.04. The fraction of sp³-hybridized carbons (Fsp3) is 0.462. The summed E-state index contributed by atoms with van der Waals surface area (Å²) in [6.45, 7) is 6.61. The lowest BCUT2D eigenvalue weighted by Gasteiger charge is -2.07. The van der Waals surface area contributed by atoms with Gasteiger partial charge in [0.2, 0.25) is 5.91 Å². The number of hydrogen-bond donors (Lipinski definition) is 1. The van der Waals surface area contributed by atoms with Crippen LogP contribution >= 0.6 is 0 Å². The normalized spacial score (nSPS) is 10.4. The molecule has 0 heterocycles. The second-order valence-electron chi connectivity index (χ2n) is 4.18. The minimum atomic E-state index is 0.0718. The van der Waals surface area contributed by atoms with Crippen LogP contribution in [-0.2, 0) is 11.2 Å². The Morgan fingerprint density at radius 3 is 2.73 bits per heavy atom. The SMILES string of the molecule is Cc1cccc(CCNC(=O)C(C)C)c1. The molecule has 0 fully saturated rings. The molecule has 0 spiro atoms. The lowest BCUT2D eigenvalue weighted by molar-refractivity contribution is -0.123. The highest BCUT2D eigenvalue weighted by Gasteiger charge is 2.04. The maximum atomic E-state index is 11.3. The molecule has 0 aliphatic rings. The molecule has 2 nitrogen and oxygen atoms in total. The first-order chi connectivity index (χ1) is 7.09. The zero-order valence-corrected chi connectivity index (χ0v) is 9.71. The first kappa shape index (κ1) is 11.8. The molecule has 0 atom stereocenters. The highest BCUT2D eigenvalue weighted by atomic mass is 16.1. The van der Waals surface area contributed by atoms with E-state index in [1.807, 2.05) is 13.8 Å². The van der Waals surface area contributed by atoms with E-state index >= 15 is 0 Å². The van der Waals surface area contributed by atoms with Gasteiger partial charge in [0.25, 0.3) is 0 Å². The van der Waals surface area contributed by atoms with Crippen LogP contribution in [-0.4, -0.2) is 12.5 Å². The van der Waals surface area contributed by atoms with Crippen molar-refractivity contribution in [2.75, 3.05) is 6.54 Å². The zero-order valence-electron chi connectivity index (χ0n) is 9.71. The summed E-state index contributed by atoms with van der Waals surface area (Å²) in [6, 6.07) is 8.38. The Kier molecular flexibility index (Phi) is 4.35. The molecule has 1 N–H and O–H groups in total. The van der Waals surface area contributed by atoms with Crippen LogP contribution in [0.15, 0.2) is 24.3 Å². The average Bonchev–Trinajstić information content (AvgIpc) is 2.17. The molecule has 0 saturated carbocycles. The number of benzene rings is 1. The predicted octanol–water partition coefficient (Wildman–Crippen LogP) is 2.31. The third-order valence-corrected chi connectivity index (χ3v) is 2.32. The van der Waals surface area contributed by atoms with E-state index in [9.17, 15) is 4.79 Å². The van der Waals surface area contributed by atoms with Gasteiger partial charge in [-0.05, 0) is 18.9 Å². The largest absolute Gasteiger partial charge is 0.356 e. The Balaban J connectivity index is 2.35. The van der Waals surface area contributed by atoms with E-state index in [2.05, 4.69) is 36.5 Å². The fourth-order valence-electron chi connectivity index (χ4n) is 1.40. The Hall–Kier alpha value is -1.31. The Morgan fingerprint density at radius 1 is 1.40 bits per heavy atom. The minimum Gasteiger partial charge on any atom is -0.356 e. The Bertz CT molecular complexity index is 331. The molecule has 0 bridgehead atoms. The maximum Gasteiger partial charge on any atom is 0.222 e. The van der Waals surface area contributed by atoms with Gasteiger partial charge < -0.3 is 5.32 Å². The van der Waals surface area contributed by atoms with Gasteiger partial charge in [0.05, 0.1) is 0 Å². The summed E-state index contributed by atoms with van der Waals surface area (Å²) in [6.07, 6.45) is 0.903. The molecule has 1 rings (SSSR count).